The minimum absolute atomic E-state index is 0. The Morgan fingerprint density at radius 1 is 1.25 bits per heavy atom. The smallest absolute Gasteiger partial charge is 0.109 e. The molecular formula is CH2Cl2Ti+4. The fourth-order valence-corrected chi connectivity index (χ4v) is 0. The van der Waals surface area contributed by atoms with Crippen LogP contribution in [-0.4, -0.2) is 5.34 Å². The maximum Gasteiger partial charge on any atom is 4.00 e. The fourth-order valence-electron chi connectivity index (χ4n) is 0. The number of halogens is 2. The molecule has 0 fully saturated rings. The van der Waals surface area contributed by atoms with Crippen molar-refractivity contribution in [3.05, 3.63) is 0 Å². The summed E-state index contributed by atoms with van der Waals surface area (Å²) in [6, 6.07) is 0. The minimum Gasteiger partial charge on any atom is -0.109 e. The third-order valence-corrected chi connectivity index (χ3v) is 0. The Morgan fingerprint density at radius 2 is 1.25 bits per heavy atom. The number of hydrogen-bond donors (Lipinski definition) is 0. The average molecular weight is 133 g/mol. The van der Waals surface area contributed by atoms with Gasteiger partial charge in [0.25, 0.3) is 0 Å². The number of rotatable bonds is 0. The summed E-state index contributed by atoms with van der Waals surface area (Å²) in [7, 11) is 0. The summed E-state index contributed by atoms with van der Waals surface area (Å²) in [5.41, 5.74) is 0. The van der Waals surface area contributed by atoms with E-state index in [2.05, 4.69) is 0 Å². The molecule has 20 valence electrons. The predicted molar refractivity (Wildman–Crippen MR) is 16.6 cm³/mol. The van der Waals surface area contributed by atoms with Gasteiger partial charge in [-0.15, -0.1) is 23.2 Å². The second-order valence-corrected chi connectivity index (χ2v) is 0.909. The topological polar surface area (TPSA) is 0 Å². The van der Waals surface area contributed by atoms with Crippen molar-refractivity contribution in [3.8, 4) is 0 Å². The second-order valence-electron chi connectivity index (χ2n) is 0.101. The first-order valence-electron chi connectivity index (χ1n) is 0.535. The van der Waals surface area contributed by atoms with Gasteiger partial charge in [0.2, 0.25) is 0 Å². The number of alkyl halides is 2. The molecule has 0 aliphatic heterocycles. The largest absolute Gasteiger partial charge is 4.00 e. The molecule has 0 nitrogen and oxygen atoms in total. The molecule has 3 heteroatoms. The molecule has 0 heterocycles. The van der Waals surface area contributed by atoms with Crippen molar-refractivity contribution >= 4 is 23.2 Å². The zero-order valence-corrected chi connectivity index (χ0v) is 5.04. The summed E-state index contributed by atoms with van der Waals surface area (Å²) in [6.07, 6.45) is 0. The van der Waals surface area contributed by atoms with Crippen molar-refractivity contribution in [2.75, 3.05) is 5.34 Å². The van der Waals surface area contributed by atoms with E-state index in [1.165, 1.54) is 0 Å². The fraction of sp³-hybridized carbons (Fsp3) is 1.00. The third-order valence-electron chi connectivity index (χ3n) is 0. The zero-order valence-electron chi connectivity index (χ0n) is 1.96. The molecule has 0 unspecified atom stereocenters. The van der Waals surface area contributed by atoms with Crippen LogP contribution < -0.4 is 0 Å². The Hall–Kier alpha value is 1.29. The van der Waals surface area contributed by atoms with E-state index < -0.39 is 0 Å². The second kappa shape index (κ2) is 8.85. The molecule has 0 saturated heterocycles. The predicted octanol–water partition coefficient (Wildman–Crippen LogP) is 1.42. The molecule has 0 aliphatic rings. The molecule has 4 heavy (non-hydrogen) atoms. The third kappa shape index (κ3) is 10.4. The molecular weight excluding hydrogens is 131 g/mol. The molecule has 0 bridgehead atoms. The van der Waals surface area contributed by atoms with Crippen LogP contribution in [0, 0.1) is 0 Å². The first kappa shape index (κ1) is 9.00. The molecule has 0 radical (unpaired) electrons. The monoisotopic (exact) mass is 132 g/mol. The van der Waals surface area contributed by atoms with Crippen LogP contribution >= 0.6 is 23.2 Å². The van der Waals surface area contributed by atoms with Crippen LogP contribution in [0.4, 0.5) is 0 Å². The van der Waals surface area contributed by atoms with Gasteiger partial charge in [-0.05, 0) is 0 Å². The standard InChI is InChI=1S/CH2Cl2.Ti/c2-1-3;/h1H2;/q;+4. The van der Waals surface area contributed by atoms with Gasteiger partial charge < -0.3 is 0 Å². The van der Waals surface area contributed by atoms with Crippen molar-refractivity contribution in [2.45, 2.75) is 0 Å². The molecule has 0 saturated carbocycles. The molecule has 0 aromatic carbocycles. The van der Waals surface area contributed by atoms with Crippen molar-refractivity contribution < 1.29 is 21.7 Å². The van der Waals surface area contributed by atoms with E-state index in [1.807, 2.05) is 0 Å². The van der Waals surface area contributed by atoms with E-state index in [1.54, 1.807) is 0 Å². The summed E-state index contributed by atoms with van der Waals surface area (Å²) < 4.78 is 0. The quantitative estimate of drug-likeness (QED) is 0.346. The van der Waals surface area contributed by atoms with Crippen LogP contribution in [0.1, 0.15) is 0 Å². The van der Waals surface area contributed by atoms with Gasteiger partial charge in [0.05, 0.1) is 5.34 Å². The summed E-state index contributed by atoms with van der Waals surface area (Å²) in [4.78, 5) is 0. The van der Waals surface area contributed by atoms with E-state index in [-0.39, 0.29) is 27.1 Å². The Kier molecular flexibility index (Phi) is 19.9. The van der Waals surface area contributed by atoms with Crippen molar-refractivity contribution in [1.82, 2.24) is 0 Å². The maximum absolute atomic E-state index is 4.76. The SMILES string of the molecule is ClCCl.[Ti+4]. The van der Waals surface area contributed by atoms with Crippen LogP contribution in [0.15, 0.2) is 0 Å². The van der Waals surface area contributed by atoms with Crippen LogP contribution in [0.25, 0.3) is 0 Å². The zero-order chi connectivity index (χ0) is 2.71. The van der Waals surface area contributed by atoms with E-state index in [0.717, 1.165) is 0 Å². The van der Waals surface area contributed by atoms with Gasteiger partial charge in [-0.1, -0.05) is 0 Å². The van der Waals surface area contributed by atoms with Gasteiger partial charge in [-0.3, -0.25) is 0 Å². The normalized spacial score (nSPS) is 4.50. The van der Waals surface area contributed by atoms with Crippen molar-refractivity contribution in [1.29, 1.82) is 0 Å². The van der Waals surface area contributed by atoms with Crippen LogP contribution in [0.3, 0.4) is 0 Å². The van der Waals surface area contributed by atoms with E-state index in [0.29, 0.717) is 0 Å². The van der Waals surface area contributed by atoms with Crippen LogP contribution in [0.5, 0.6) is 0 Å². The van der Waals surface area contributed by atoms with Gasteiger partial charge in [-0.25, -0.2) is 0 Å². The first-order chi connectivity index (χ1) is 1.41. The summed E-state index contributed by atoms with van der Waals surface area (Å²) in [5.74, 6) is 0. The first-order valence-corrected chi connectivity index (χ1v) is 1.60. The van der Waals surface area contributed by atoms with E-state index in [9.17, 15) is 0 Å². The van der Waals surface area contributed by atoms with Crippen molar-refractivity contribution in [2.24, 2.45) is 0 Å². The average Bonchev–Trinajstić information content (AvgIpc) is 0.918. The van der Waals surface area contributed by atoms with Gasteiger partial charge in [0.15, 0.2) is 0 Å². The number of hydrogen-bond acceptors (Lipinski definition) is 0. The molecule has 0 amide bonds. The molecule has 0 N–H and O–H groups in total. The van der Waals surface area contributed by atoms with Crippen LogP contribution in [0.2, 0.25) is 0 Å². The summed E-state index contributed by atoms with van der Waals surface area (Å²) >= 11 is 9.53. The van der Waals surface area contributed by atoms with Crippen molar-refractivity contribution in [3.63, 3.8) is 0 Å². The molecule has 0 aromatic rings. The Bertz CT molecular complexity index is 6.00. The maximum atomic E-state index is 4.76. The molecule has 0 aromatic heterocycles. The van der Waals surface area contributed by atoms with E-state index in [4.69, 9.17) is 23.2 Å². The van der Waals surface area contributed by atoms with E-state index >= 15 is 0 Å². The Balaban J connectivity index is 0. The van der Waals surface area contributed by atoms with Crippen LogP contribution in [-0.2, 0) is 21.7 Å². The van der Waals surface area contributed by atoms with Gasteiger partial charge in [0.1, 0.15) is 0 Å². The van der Waals surface area contributed by atoms with Gasteiger partial charge in [-0.2, -0.15) is 0 Å². The molecule has 0 aliphatic carbocycles. The summed E-state index contributed by atoms with van der Waals surface area (Å²) in [5, 5.41) is 0.194. The summed E-state index contributed by atoms with van der Waals surface area (Å²) in [6.45, 7) is 0. The molecule has 0 rings (SSSR count). The minimum atomic E-state index is 0. The molecule has 0 spiro atoms. The Morgan fingerprint density at radius 3 is 1.25 bits per heavy atom. The van der Waals surface area contributed by atoms with Gasteiger partial charge in [0, 0.05) is 0 Å². The molecule has 0 atom stereocenters. The Labute approximate surface area is 50.4 Å². The van der Waals surface area contributed by atoms with Gasteiger partial charge >= 0.3 is 21.7 Å².